The van der Waals surface area contributed by atoms with Crippen molar-refractivity contribution in [2.75, 3.05) is 6.54 Å². The molecule has 2 N–H and O–H groups in total. The predicted octanol–water partition coefficient (Wildman–Crippen LogP) is 2.90. The van der Waals surface area contributed by atoms with Crippen LogP contribution >= 0.6 is 0 Å². The number of carbonyl (C=O) groups excluding carboxylic acids is 1. The van der Waals surface area contributed by atoms with Gasteiger partial charge in [0.15, 0.2) is 0 Å². The van der Waals surface area contributed by atoms with Crippen LogP contribution in [0.1, 0.15) is 47.9 Å². The SMILES string of the molecule is CCCc1nc2ccc(C(F)(F)F)cn2c1C(=O)NCCCC(=O)O. The minimum absolute atomic E-state index is 0.0540. The van der Waals surface area contributed by atoms with Gasteiger partial charge in [-0.3, -0.25) is 14.0 Å². The van der Waals surface area contributed by atoms with Crippen molar-refractivity contribution >= 4 is 17.5 Å². The molecule has 0 saturated carbocycles. The van der Waals surface area contributed by atoms with Crippen molar-refractivity contribution in [1.82, 2.24) is 14.7 Å². The van der Waals surface area contributed by atoms with E-state index in [1.54, 1.807) is 0 Å². The first-order valence-electron chi connectivity index (χ1n) is 7.82. The van der Waals surface area contributed by atoms with E-state index in [2.05, 4.69) is 10.3 Å². The lowest BCUT2D eigenvalue weighted by Gasteiger charge is -2.09. The van der Waals surface area contributed by atoms with Crippen molar-refractivity contribution in [2.24, 2.45) is 0 Å². The van der Waals surface area contributed by atoms with Crippen LogP contribution in [0.25, 0.3) is 5.65 Å². The van der Waals surface area contributed by atoms with Gasteiger partial charge >= 0.3 is 12.1 Å². The standard InChI is InChI=1S/C16H18F3N3O3/c1-2-4-11-14(15(25)20-8-3-5-13(23)24)22-9-10(16(17,18)19)6-7-12(22)21-11/h6-7,9H,2-5,8H2,1H3,(H,20,25)(H,23,24). The zero-order valence-corrected chi connectivity index (χ0v) is 13.6. The van der Waals surface area contributed by atoms with Gasteiger partial charge in [0.25, 0.3) is 5.91 Å². The maximum absolute atomic E-state index is 12.9. The lowest BCUT2D eigenvalue weighted by Crippen LogP contribution is -2.27. The number of hydrogen-bond acceptors (Lipinski definition) is 3. The molecule has 2 aromatic rings. The lowest BCUT2D eigenvalue weighted by molar-refractivity contribution is -0.138. The van der Waals surface area contributed by atoms with Crippen molar-refractivity contribution in [3.8, 4) is 0 Å². The molecule has 0 aliphatic rings. The van der Waals surface area contributed by atoms with Gasteiger partial charge in [-0.05, 0) is 25.0 Å². The molecular formula is C16H18F3N3O3. The number of fused-ring (bicyclic) bond motifs is 1. The van der Waals surface area contributed by atoms with E-state index < -0.39 is 23.6 Å². The monoisotopic (exact) mass is 357 g/mol. The van der Waals surface area contributed by atoms with Crippen LogP contribution in [-0.2, 0) is 17.4 Å². The summed E-state index contributed by atoms with van der Waals surface area (Å²) in [6, 6.07) is 2.15. The molecule has 2 heterocycles. The summed E-state index contributed by atoms with van der Waals surface area (Å²) in [7, 11) is 0. The van der Waals surface area contributed by atoms with Crippen molar-refractivity contribution in [3.05, 3.63) is 35.3 Å². The van der Waals surface area contributed by atoms with E-state index in [9.17, 15) is 22.8 Å². The molecule has 0 radical (unpaired) electrons. The highest BCUT2D eigenvalue weighted by Gasteiger charge is 2.31. The van der Waals surface area contributed by atoms with E-state index in [0.717, 1.165) is 16.7 Å². The molecule has 9 heteroatoms. The molecule has 0 spiro atoms. The molecule has 2 rings (SSSR count). The molecule has 0 fully saturated rings. The summed E-state index contributed by atoms with van der Waals surface area (Å²) in [5.41, 5.74) is -0.150. The number of halogens is 3. The van der Waals surface area contributed by atoms with Crippen LogP contribution in [0.15, 0.2) is 18.3 Å². The molecule has 0 unspecified atom stereocenters. The summed E-state index contributed by atoms with van der Waals surface area (Å²) < 4.78 is 40.0. The van der Waals surface area contributed by atoms with E-state index in [4.69, 9.17) is 5.11 Å². The van der Waals surface area contributed by atoms with Gasteiger partial charge in [-0.15, -0.1) is 0 Å². The Kier molecular flexibility index (Phi) is 5.66. The Balaban J connectivity index is 2.35. The molecule has 6 nitrogen and oxygen atoms in total. The van der Waals surface area contributed by atoms with Crippen LogP contribution in [0.4, 0.5) is 13.2 Å². The van der Waals surface area contributed by atoms with Gasteiger partial charge in [0.2, 0.25) is 0 Å². The molecular weight excluding hydrogens is 339 g/mol. The van der Waals surface area contributed by atoms with E-state index >= 15 is 0 Å². The second-order valence-electron chi connectivity index (χ2n) is 5.55. The summed E-state index contributed by atoms with van der Waals surface area (Å²) in [6.07, 6.45) is -2.43. The Bertz CT molecular complexity index is 784. The van der Waals surface area contributed by atoms with Gasteiger partial charge in [-0.25, -0.2) is 4.98 Å². The maximum Gasteiger partial charge on any atom is 0.417 e. The number of nitrogens with zero attached hydrogens (tertiary/aromatic N) is 2. The zero-order chi connectivity index (χ0) is 18.6. The largest absolute Gasteiger partial charge is 0.481 e. The fraction of sp³-hybridized carbons (Fsp3) is 0.438. The second-order valence-corrected chi connectivity index (χ2v) is 5.55. The van der Waals surface area contributed by atoms with Crippen molar-refractivity contribution < 1.29 is 27.9 Å². The molecule has 25 heavy (non-hydrogen) atoms. The van der Waals surface area contributed by atoms with Crippen molar-refractivity contribution in [2.45, 2.75) is 38.8 Å². The molecule has 136 valence electrons. The highest BCUT2D eigenvalue weighted by molar-refractivity contribution is 5.94. The smallest absolute Gasteiger partial charge is 0.417 e. The number of amides is 1. The first kappa shape index (κ1) is 18.8. The molecule has 0 atom stereocenters. The first-order valence-corrected chi connectivity index (χ1v) is 7.82. The van der Waals surface area contributed by atoms with Gasteiger partial charge in [-0.1, -0.05) is 13.3 Å². The van der Waals surface area contributed by atoms with E-state index in [1.807, 2.05) is 6.92 Å². The van der Waals surface area contributed by atoms with Crippen LogP contribution < -0.4 is 5.32 Å². The van der Waals surface area contributed by atoms with E-state index in [-0.39, 0.29) is 30.7 Å². The molecule has 0 aliphatic carbocycles. The van der Waals surface area contributed by atoms with Crippen LogP contribution in [0.2, 0.25) is 0 Å². The number of rotatable bonds is 7. The number of carboxylic acids is 1. The van der Waals surface area contributed by atoms with Gasteiger partial charge < -0.3 is 10.4 Å². The number of carboxylic acid groups (broad SMARTS) is 1. The summed E-state index contributed by atoms with van der Waals surface area (Å²) in [5, 5.41) is 11.1. The molecule has 0 bridgehead atoms. The van der Waals surface area contributed by atoms with Crippen molar-refractivity contribution in [3.63, 3.8) is 0 Å². The average molecular weight is 357 g/mol. The quantitative estimate of drug-likeness (QED) is 0.747. The van der Waals surface area contributed by atoms with E-state index in [0.29, 0.717) is 18.5 Å². The molecule has 0 aromatic carbocycles. The third kappa shape index (κ3) is 4.49. The Hall–Kier alpha value is -2.58. The number of aromatic nitrogens is 2. The molecule has 2 aromatic heterocycles. The Morgan fingerprint density at radius 3 is 2.64 bits per heavy atom. The summed E-state index contributed by atoms with van der Waals surface area (Å²) in [5.74, 6) is -1.55. The Morgan fingerprint density at radius 2 is 2.04 bits per heavy atom. The van der Waals surface area contributed by atoms with Gasteiger partial charge in [0.05, 0.1) is 11.3 Å². The predicted molar refractivity (Wildman–Crippen MR) is 83.4 cm³/mol. The number of imidazole rings is 1. The van der Waals surface area contributed by atoms with Crippen LogP contribution in [-0.4, -0.2) is 32.9 Å². The lowest BCUT2D eigenvalue weighted by atomic mass is 10.2. The van der Waals surface area contributed by atoms with Crippen LogP contribution in [0, 0.1) is 0 Å². The minimum Gasteiger partial charge on any atom is -0.481 e. The van der Waals surface area contributed by atoms with Gasteiger partial charge in [0, 0.05) is 19.2 Å². The zero-order valence-electron chi connectivity index (χ0n) is 13.6. The highest BCUT2D eigenvalue weighted by Crippen LogP contribution is 2.30. The number of aliphatic carboxylic acids is 1. The number of hydrogen-bond donors (Lipinski definition) is 2. The van der Waals surface area contributed by atoms with Gasteiger partial charge in [0.1, 0.15) is 11.3 Å². The molecule has 0 aliphatic heterocycles. The van der Waals surface area contributed by atoms with Gasteiger partial charge in [-0.2, -0.15) is 13.2 Å². The Labute approximate surface area is 141 Å². The summed E-state index contributed by atoms with van der Waals surface area (Å²) in [6.45, 7) is 1.99. The fourth-order valence-electron chi connectivity index (χ4n) is 2.44. The summed E-state index contributed by atoms with van der Waals surface area (Å²) >= 11 is 0. The molecule has 1 amide bonds. The maximum atomic E-state index is 12.9. The first-order chi connectivity index (χ1) is 11.7. The van der Waals surface area contributed by atoms with Crippen LogP contribution in [0.3, 0.4) is 0 Å². The van der Waals surface area contributed by atoms with Crippen molar-refractivity contribution in [1.29, 1.82) is 0 Å². The Morgan fingerprint density at radius 1 is 1.32 bits per heavy atom. The minimum atomic E-state index is -4.53. The fourth-order valence-corrected chi connectivity index (χ4v) is 2.44. The normalized spacial score (nSPS) is 11.7. The van der Waals surface area contributed by atoms with E-state index in [1.165, 1.54) is 6.07 Å². The average Bonchev–Trinajstić information content (AvgIpc) is 2.87. The highest BCUT2D eigenvalue weighted by atomic mass is 19.4. The van der Waals surface area contributed by atoms with Crippen LogP contribution in [0.5, 0.6) is 0 Å². The molecule has 0 saturated heterocycles. The third-order valence-electron chi connectivity index (χ3n) is 3.57. The third-order valence-corrected chi connectivity index (χ3v) is 3.57. The number of alkyl halides is 3. The number of pyridine rings is 1. The second kappa shape index (κ2) is 7.54. The summed E-state index contributed by atoms with van der Waals surface area (Å²) in [4.78, 5) is 27.1. The number of carbonyl (C=O) groups is 2. The topological polar surface area (TPSA) is 83.7 Å². The number of nitrogens with one attached hydrogen (secondary N) is 1. The number of aryl methyl sites for hydroxylation is 1.